The summed E-state index contributed by atoms with van der Waals surface area (Å²) in [4.78, 5) is 16.4. The van der Waals surface area contributed by atoms with E-state index in [1.165, 1.54) is 31.4 Å². The van der Waals surface area contributed by atoms with Crippen molar-refractivity contribution in [2.75, 3.05) is 18.5 Å². The first-order chi connectivity index (χ1) is 8.08. The van der Waals surface area contributed by atoms with E-state index in [-0.39, 0.29) is 10.8 Å². The van der Waals surface area contributed by atoms with E-state index in [1.54, 1.807) is 0 Å². The van der Waals surface area contributed by atoms with Gasteiger partial charge in [-0.2, -0.15) is 0 Å². The second kappa shape index (κ2) is 4.87. The number of nitrogens with zero attached hydrogens (tertiary/aromatic N) is 3. The van der Waals surface area contributed by atoms with Crippen LogP contribution in [-0.4, -0.2) is 23.5 Å². The maximum absolute atomic E-state index is 10.9. The third-order valence-corrected chi connectivity index (χ3v) is 3.35. The van der Waals surface area contributed by atoms with E-state index in [0.717, 1.165) is 6.54 Å². The van der Waals surface area contributed by atoms with Gasteiger partial charge in [-0.25, -0.2) is 4.98 Å². The molecule has 0 bridgehead atoms. The fourth-order valence-electron chi connectivity index (χ4n) is 1.99. The lowest BCUT2D eigenvalue weighted by Gasteiger charge is -2.30. The van der Waals surface area contributed by atoms with Crippen LogP contribution in [0.25, 0.3) is 0 Å². The predicted octanol–water partition coefficient (Wildman–Crippen LogP) is 2.88. The minimum Gasteiger partial charge on any atom is -0.354 e. The Morgan fingerprint density at radius 2 is 2.29 bits per heavy atom. The average molecular weight is 256 g/mol. The van der Waals surface area contributed by atoms with Gasteiger partial charge in [-0.3, -0.25) is 10.1 Å². The molecule has 0 spiro atoms. The Balaban J connectivity index is 2.21. The number of aromatic nitrogens is 1. The van der Waals surface area contributed by atoms with Crippen LogP contribution in [0.3, 0.4) is 0 Å². The molecule has 1 aliphatic rings. The van der Waals surface area contributed by atoms with Gasteiger partial charge in [0.1, 0.15) is 5.15 Å². The van der Waals surface area contributed by atoms with E-state index in [0.29, 0.717) is 11.7 Å². The molecule has 0 aromatic carbocycles. The summed E-state index contributed by atoms with van der Waals surface area (Å²) < 4.78 is 0. The first-order valence-electron chi connectivity index (χ1n) is 5.60. The highest BCUT2D eigenvalue weighted by Gasteiger charge is 2.24. The second-order valence-corrected chi connectivity index (χ2v) is 4.80. The van der Waals surface area contributed by atoms with Crippen LogP contribution in [0.15, 0.2) is 12.1 Å². The first kappa shape index (κ1) is 12.1. The molecule has 0 aliphatic heterocycles. The molecule has 6 heteroatoms. The number of nitro groups is 1. The molecule has 0 radical (unpaired) electrons. The lowest BCUT2D eigenvalue weighted by Crippen LogP contribution is -2.30. The van der Waals surface area contributed by atoms with Gasteiger partial charge in [0.15, 0.2) is 0 Å². The van der Waals surface area contributed by atoms with Crippen LogP contribution in [-0.2, 0) is 0 Å². The van der Waals surface area contributed by atoms with Gasteiger partial charge in [0, 0.05) is 19.7 Å². The number of halogens is 1. The lowest BCUT2D eigenvalue weighted by molar-refractivity contribution is -0.384. The molecule has 5 nitrogen and oxygen atoms in total. The number of rotatable bonds is 4. The summed E-state index contributed by atoms with van der Waals surface area (Å²) in [5.41, 5.74) is 0.0104. The van der Waals surface area contributed by atoms with Crippen molar-refractivity contribution in [3.8, 4) is 0 Å². The van der Waals surface area contributed by atoms with Gasteiger partial charge < -0.3 is 4.90 Å². The van der Waals surface area contributed by atoms with Crippen molar-refractivity contribution in [2.24, 2.45) is 5.92 Å². The van der Waals surface area contributed by atoms with Crippen LogP contribution >= 0.6 is 11.6 Å². The molecule has 1 saturated carbocycles. The number of pyridine rings is 1. The molecule has 2 rings (SSSR count). The Kier molecular flexibility index (Phi) is 3.47. The van der Waals surface area contributed by atoms with E-state index in [4.69, 9.17) is 11.6 Å². The van der Waals surface area contributed by atoms with Crippen molar-refractivity contribution in [1.29, 1.82) is 0 Å². The van der Waals surface area contributed by atoms with Crippen LogP contribution in [0, 0.1) is 16.0 Å². The zero-order valence-corrected chi connectivity index (χ0v) is 10.4. The average Bonchev–Trinajstić information content (AvgIpc) is 2.22. The number of hydrogen-bond donors (Lipinski definition) is 0. The number of hydrogen-bond acceptors (Lipinski definition) is 4. The fraction of sp³-hybridized carbons (Fsp3) is 0.545. The third-order valence-electron chi connectivity index (χ3n) is 3.14. The van der Waals surface area contributed by atoms with Crippen molar-refractivity contribution < 1.29 is 4.92 Å². The zero-order valence-electron chi connectivity index (χ0n) is 9.60. The van der Waals surface area contributed by atoms with Crippen LogP contribution in [0.2, 0.25) is 5.15 Å². The van der Waals surface area contributed by atoms with Crippen molar-refractivity contribution in [2.45, 2.75) is 19.3 Å². The maximum atomic E-state index is 10.9. The Labute approximate surface area is 105 Å². The SMILES string of the molecule is CN(CC1CCC1)c1nc(Cl)ccc1[N+](=O)[O-]. The molecule has 1 aromatic heterocycles. The Morgan fingerprint density at radius 1 is 1.59 bits per heavy atom. The summed E-state index contributed by atoms with van der Waals surface area (Å²) >= 11 is 5.79. The van der Waals surface area contributed by atoms with Crippen molar-refractivity contribution in [3.05, 3.63) is 27.4 Å². The summed E-state index contributed by atoms with van der Waals surface area (Å²) in [6.45, 7) is 0.800. The van der Waals surface area contributed by atoms with Crippen LogP contribution < -0.4 is 4.90 Å². The Morgan fingerprint density at radius 3 is 2.82 bits per heavy atom. The molecule has 0 atom stereocenters. The van der Waals surface area contributed by atoms with E-state index < -0.39 is 4.92 Å². The molecule has 0 unspecified atom stereocenters. The third kappa shape index (κ3) is 2.66. The quantitative estimate of drug-likeness (QED) is 0.472. The minimum absolute atomic E-state index is 0.0104. The van der Waals surface area contributed by atoms with Gasteiger partial charge in [-0.05, 0) is 24.8 Å². The maximum Gasteiger partial charge on any atom is 0.311 e. The van der Waals surface area contributed by atoms with Gasteiger partial charge in [-0.1, -0.05) is 18.0 Å². The fourth-order valence-corrected chi connectivity index (χ4v) is 2.13. The van der Waals surface area contributed by atoms with Gasteiger partial charge in [-0.15, -0.1) is 0 Å². The van der Waals surface area contributed by atoms with Gasteiger partial charge in [0.25, 0.3) is 0 Å². The van der Waals surface area contributed by atoms with Crippen LogP contribution in [0.1, 0.15) is 19.3 Å². The minimum atomic E-state index is -0.421. The highest BCUT2D eigenvalue weighted by Crippen LogP contribution is 2.31. The monoisotopic (exact) mass is 255 g/mol. The Hall–Kier alpha value is -1.36. The lowest BCUT2D eigenvalue weighted by atomic mass is 9.85. The molecule has 17 heavy (non-hydrogen) atoms. The Bertz CT molecular complexity index is 435. The van der Waals surface area contributed by atoms with Crippen molar-refractivity contribution >= 4 is 23.1 Å². The molecule has 92 valence electrons. The highest BCUT2D eigenvalue weighted by atomic mass is 35.5. The molecular formula is C11H14ClN3O2. The molecule has 1 heterocycles. The smallest absolute Gasteiger partial charge is 0.311 e. The van der Waals surface area contributed by atoms with Gasteiger partial charge in [0.2, 0.25) is 5.82 Å². The van der Waals surface area contributed by atoms with E-state index in [2.05, 4.69) is 4.98 Å². The van der Waals surface area contributed by atoms with E-state index in [9.17, 15) is 10.1 Å². The second-order valence-electron chi connectivity index (χ2n) is 4.41. The van der Waals surface area contributed by atoms with Crippen LogP contribution in [0.5, 0.6) is 0 Å². The summed E-state index contributed by atoms with van der Waals surface area (Å²) in [5.74, 6) is 0.981. The van der Waals surface area contributed by atoms with Gasteiger partial charge in [0.05, 0.1) is 4.92 Å². The summed E-state index contributed by atoms with van der Waals surface area (Å²) in [7, 11) is 1.82. The van der Waals surface area contributed by atoms with Crippen molar-refractivity contribution in [3.63, 3.8) is 0 Å². The first-order valence-corrected chi connectivity index (χ1v) is 5.98. The number of anilines is 1. The van der Waals surface area contributed by atoms with Crippen LogP contribution in [0.4, 0.5) is 11.5 Å². The molecule has 1 fully saturated rings. The summed E-state index contributed by atoms with van der Waals surface area (Å²) in [6.07, 6.45) is 3.64. The summed E-state index contributed by atoms with van der Waals surface area (Å²) in [6, 6.07) is 2.85. The largest absolute Gasteiger partial charge is 0.354 e. The topological polar surface area (TPSA) is 59.3 Å². The highest BCUT2D eigenvalue weighted by molar-refractivity contribution is 6.29. The van der Waals surface area contributed by atoms with Crippen molar-refractivity contribution in [1.82, 2.24) is 4.98 Å². The molecule has 0 saturated heterocycles. The molecule has 1 aliphatic carbocycles. The van der Waals surface area contributed by atoms with E-state index >= 15 is 0 Å². The molecule has 1 aromatic rings. The molecule has 0 N–H and O–H groups in total. The predicted molar refractivity (Wildman–Crippen MR) is 66.5 cm³/mol. The standard InChI is InChI=1S/C11H14ClN3O2/c1-14(7-8-3-2-4-8)11-9(15(16)17)5-6-10(12)13-11/h5-6,8H,2-4,7H2,1H3. The van der Waals surface area contributed by atoms with Gasteiger partial charge >= 0.3 is 5.69 Å². The van der Waals surface area contributed by atoms with E-state index in [1.807, 2.05) is 11.9 Å². The zero-order chi connectivity index (χ0) is 12.4. The molecule has 0 amide bonds. The summed E-state index contributed by atoms with van der Waals surface area (Å²) in [5, 5.41) is 11.2. The normalized spacial score (nSPS) is 15.4. The molecular weight excluding hydrogens is 242 g/mol.